The maximum atomic E-state index is 12.5. The Bertz CT molecular complexity index is 510. The minimum atomic E-state index is -0.210. The Morgan fingerprint density at radius 2 is 2.05 bits per heavy atom. The summed E-state index contributed by atoms with van der Waals surface area (Å²) in [5, 5.41) is 2.97. The second kappa shape index (κ2) is 7.27. The van der Waals surface area contributed by atoms with Crippen LogP contribution in [-0.4, -0.2) is 19.6 Å². The Morgan fingerprint density at radius 3 is 2.52 bits per heavy atom. The fourth-order valence-electron chi connectivity index (χ4n) is 2.28. The monoisotopic (exact) mass is 356 g/mol. The average molecular weight is 357 g/mol. The lowest BCUT2D eigenvalue weighted by atomic mass is 9.84. The van der Waals surface area contributed by atoms with E-state index in [2.05, 4.69) is 42.0 Å². The van der Waals surface area contributed by atoms with E-state index in [1.54, 1.807) is 7.11 Å². The molecule has 4 nitrogen and oxygen atoms in total. The Hall–Kier alpha value is -1.07. The number of nitrogens with one attached hydrogen (secondary N) is 1. The Morgan fingerprint density at radius 1 is 1.43 bits per heavy atom. The molecule has 1 unspecified atom stereocenters. The number of rotatable bonds is 5. The lowest BCUT2D eigenvalue weighted by Crippen LogP contribution is -2.32. The van der Waals surface area contributed by atoms with Crippen molar-refractivity contribution in [2.45, 2.75) is 34.1 Å². The third kappa shape index (κ3) is 5.32. The van der Waals surface area contributed by atoms with E-state index in [9.17, 15) is 4.79 Å². The topological polar surface area (TPSA) is 64.3 Å². The van der Waals surface area contributed by atoms with Gasteiger partial charge in [0.05, 0.1) is 18.7 Å². The van der Waals surface area contributed by atoms with Crippen LogP contribution in [0.5, 0.6) is 5.75 Å². The summed E-state index contributed by atoms with van der Waals surface area (Å²) in [5.74, 6) is 0.371. The molecule has 0 spiro atoms. The molecule has 0 aliphatic heterocycles. The number of hydrogen-bond donors (Lipinski definition) is 2. The minimum absolute atomic E-state index is 0.0558. The number of anilines is 1. The van der Waals surface area contributed by atoms with Crippen molar-refractivity contribution in [1.29, 1.82) is 0 Å². The molecule has 0 saturated heterocycles. The van der Waals surface area contributed by atoms with Crippen LogP contribution in [-0.2, 0) is 4.79 Å². The van der Waals surface area contributed by atoms with E-state index in [1.807, 2.05) is 19.1 Å². The molecular weight excluding hydrogens is 332 g/mol. The van der Waals surface area contributed by atoms with Crippen LogP contribution in [0.25, 0.3) is 0 Å². The summed E-state index contributed by atoms with van der Waals surface area (Å²) in [4.78, 5) is 12.5. The molecule has 118 valence electrons. The van der Waals surface area contributed by atoms with Gasteiger partial charge in [0.25, 0.3) is 0 Å². The van der Waals surface area contributed by atoms with Crippen molar-refractivity contribution in [3.63, 3.8) is 0 Å². The van der Waals surface area contributed by atoms with Crippen LogP contribution in [0, 0.1) is 18.3 Å². The van der Waals surface area contributed by atoms with Gasteiger partial charge in [-0.25, -0.2) is 0 Å². The van der Waals surface area contributed by atoms with Gasteiger partial charge in [-0.2, -0.15) is 0 Å². The number of benzene rings is 1. The van der Waals surface area contributed by atoms with Gasteiger partial charge in [0.15, 0.2) is 0 Å². The quantitative estimate of drug-likeness (QED) is 0.844. The number of nitrogens with two attached hydrogens (primary N) is 1. The Kier molecular flexibility index (Phi) is 6.23. The molecule has 1 rings (SSSR count). The van der Waals surface area contributed by atoms with Gasteiger partial charge in [0.1, 0.15) is 5.75 Å². The first-order chi connectivity index (χ1) is 9.67. The average Bonchev–Trinajstić information content (AvgIpc) is 2.37. The summed E-state index contributed by atoms with van der Waals surface area (Å²) in [7, 11) is 1.59. The fraction of sp³-hybridized carbons (Fsp3) is 0.562. The molecule has 1 atom stereocenters. The number of carbonyl (C=O) groups excluding carboxylic acids is 1. The van der Waals surface area contributed by atoms with E-state index < -0.39 is 0 Å². The molecule has 0 aliphatic carbocycles. The Balaban J connectivity index is 2.97. The number of amides is 1. The van der Waals surface area contributed by atoms with Crippen LogP contribution in [0.1, 0.15) is 32.8 Å². The van der Waals surface area contributed by atoms with Crippen LogP contribution in [0.2, 0.25) is 0 Å². The minimum Gasteiger partial charge on any atom is -0.495 e. The van der Waals surface area contributed by atoms with E-state index in [0.29, 0.717) is 18.0 Å². The summed E-state index contributed by atoms with van der Waals surface area (Å²) >= 11 is 3.42. The number of methoxy groups -OCH3 is 1. The van der Waals surface area contributed by atoms with Crippen molar-refractivity contribution in [3.05, 3.63) is 22.2 Å². The first-order valence-electron chi connectivity index (χ1n) is 7.03. The van der Waals surface area contributed by atoms with Gasteiger partial charge in [-0.3, -0.25) is 4.79 Å². The molecule has 0 aromatic heterocycles. The van der Waals surface area contributed by atoms with Crippen molar-refractivity contribution in [2.75, 3.05) is 19.0 Å². The van der Waals surface area contributed by atoms with E-state index >= 15 is 0 Å². The highest BCUT2D eigenvalue weighted by Gasteiger charge is 2.25. The number of aryl methyl sites for hydroxylation is 1. The molecule has 1 aromatic carbocycles. The molecule has 0 saturated carbocycles. The molecule has 0 aliphatic rings. The highest BCUT2D eigenvalue weighted by Crippen LogP contribution is 2.33. The number of hydrogen-bond acceptors (Lipinski definition) is 3. The van der Waals surface area contributed by atoms with Crippen molar-refractivity contribution in [1.82, 2.24) is 0 Å². The molecule has 1 amide bonds. The van der Waals surface area contributed by atoms with Crippen LogP contribution in [0.3, 0.4) is 0 Å². The zero-order chi connectivity index (χ0) is 16.2. The number of ether oxygens (including phenoxy) is 1. The van der Waals surface area contributed by atoms with Crippen molar-refractivity contribution < 1.29 is 9.53 Å². The largest absolute Gasteiger partial charge is 0.495 e. The zero-order valence-electron chi connectivity index (χ0n) is 13.4. The predicted octanol–water partition coefficient (Wildman–Crippen LogP) is 3.72. The van der Waals surface area contributed by atoms with Gasteiger partial charge in [-0.15, -0.1) is 0 Å². The lowest BCUT2D eigenvalue weighted by Gasteiger charge is -2.25. The van der Waals surface area contributed by atoms with Crippen molar-refractivity contribution >= 4 is 27.5 Å². The molecular formula is C16H25BrN2O2. The third-order valence-electron chi connectivity index (χ3n) is 3.25. The fourth-order valence-corrected chi connectivity index (χ4v) is 2.83. The molecule has 0 heterocycles. The summed E-state index contributed by atoms with van der Waals surface area (Å²) in [6.45, 7) is 8.59. The second-order valence-electron chi connectivity index (χ2n) is 6.49. The highest BCUT2D eigenvalue weighted by molar-refractivity contribution is 9.10. The smallest absolute Gasteiger partial charge is 0.228 e. The van der Waals surface area contributed by atoms with Crippen LogP contribution >= 0.6 is 15.9 Å². The summed E-state index contributed by atoms with van der Waals surface area (Å²) < 4.78 is 6.26. The number of halogens is 1. The molecule has 0 bridgehead atoms. The van der Waals surface area contributed by atoms with Crippen molar-refractivity contribution in [3.8, 4) is 5.75 Å². The highest BCUT2D eigenvalue weighted by atomic mass is 79.9. The van der Waals surface area contributed by atoms with Crippen molar-refractivity contribution in [2.24, 2.45) is 17.1 Å². The third-order valence-corrected chi connectivity index (χ3v) is 3.70. The van der Waals surface area contributed by atoms with E-state index in [-0.39, 0.29) is 17.2 Å². The molecule has 3 N–H and O–H groups in total. The first-order valence-corrected chi connectivity index (χ1v) is 7.82. The van der Waals surface area contributed by atoms with Gasteiger partial charge >= 0.3 is 0 Å². The van der Waals surface area contributed by atoms with Gasteiger partial charge in [0, 0.05) is 11.0 Å². The lowest BCUT2D eigenvalue weighted by molar-refractivity contribution is -0.120. The summed E-state index contributed by atoms with van der Waals surface area (Å²) in [6.07, 6.45) is 0.743. The van der Waals surface area contributed by atoms with Gasteiger partial charge in [-0.05, 0) is 36.5 Å². The molecule has 0 radical (unpaired) electrons. The molecule has 1 aromatic rings. The maximum absolute atomic E-state index is 12.5. The van der Waals surface area contributed by atoms with E-state index in [1.165, 1.54) is 0 Å². The van der Waals surface area contributed by atoms with Crippen LogP contribution in [0.4, 0.5) is 5.69 Å². The summed E-state index contributed by atoms with van der Waals surface area (Å²) in [5.41, 5.74) is 7.48. The standard InChI is InChI=1S/C16H25BrN2O2/c1-10-6-12(17)7-13(21-5)14(10)19-15(20)11(9-18)8-16(2,3)4/h6-7,11H,8-9,18H2,1-5H3,(H,19,20). The SMILES string of the molecule is COc1cc(Br)cc(C)c1NC(=O)C(CN)CC(C)(C)C. The number of carbonyl (C=O) groups is 1. The first kappa shape index (κ1) is 18.0. The molecule has 21 heavy (non-hydrogen) atoms. The Labute approximate surface area is 135 Å². The normalized spacial score (nSPS) is 12.9. The molecule has 5 heteroatoms. The molecule has 0 fully saturated rings. The summed E-state index contributed by atoms with van der Waals surface area (Å²) in [6, 6.07) is 3.78. The predicted molar refractivity (Wildman–Crippen MR) is 90.7 cm³/mol. The van der Waals surface area contributed by atoms with Gasteiger partial charge in [-0.1, -0.05) is 36.7 Å². The van der Waals surface area contributed by atoms with E-state index in [0.717, 1.165) is 16.5 Å². The van der Waals surface area contributed by atoms with Gasteiger partial charge < -0.3 is 15.8 Å². The maximum Gasteiger partial charge on any atom is 0.228 e. The van der Waals surface area contributed by atoms with E-state index in [4.69, 9.17) is 10.5 Å². The van der Waals surface area contributed by atoms with Crippen LogP contribution in [0.15, 0.2) is 16.6 Å². The second-order valence-corrected chi connectivity index (χ2v) is 7.40. The van der Waals surface area contributed by atoms with Crippen LogP contribution < -0.4 is 15.8 Å². The van der Waals surface area contributed by atoms with Gasteiger partial charge in [0.2, 0.25) is 5.91 Å². The zero-order valence-corrected chi connectivity index (χ0v) is 15.0.